The Hall–Kier alpha value is -4.24. The lowest BCUT2D eigenvalue weighted by Gasteiger charge is -2.26. The van der Waals surface area contributed by atoms with E-state index in [1.54, 1.807) is 24.3 Å². The largest absolute Gasteiger partial charge is 0.415 e. The standard InChI is InChI=1S/C30H26F3N3.C2H6/c1-21(30(31,32)33)16-28(35-26-14-6-11-24(19-26)20-34)29(25-12-7-13-25)36-27-15-5-10-23(18-27)17-22-8-3-2-4-9-22;1-2/h2-6,8-11,14-16,18-19,35-36H,1,7,12-13,17H2;1-2H3/b28-16-;. The lowest BCUT2D eigenvalue weighted by atomic mass is 9.89. The number of nitrogens with zero attached hydrogens (tertiary/aromatic N) is 1. The third kappa shape index (κ3) is 7.88. The van der Waals surface area contributed by atoms with E-state index in [-0.39, 0.29) is 5.70 Å². The van der Waals surface area contributed by atoms with E-state index in [2.05, 4.69) is 35.4 Å². The number of halogens is 3. The summed E-state index contributed by atoms with van der Waals surface area (Å²) in [6.07, 6.45) is -0.225. The minimum absolute atomic E-state index is 0.260. The van der Waals surface area contributed by atoms with Crippen molar-refractivity contribution >= 4 is 11.4 Å². The summed E-state index contributed by atoms with van der Waals surface area (Å²) < 4.78 is 40.4. The SMILES string of the molecule is C=C(/C=C(\Nc1cccc(C#N)c1)C(Nc1cccc(Cc2ccccc2)c1)=C1CCC1)C(F)(F)F.CC. The molecule has 0 unspecified atom stereocenters. The van der Waals surface area contributed by atoms with Crippen LogP contribution in [-0.4, -0.2) is 6.18 Å². The van der Waals surface area contributed by atoms with Gasteiger partial charge in [-0.2, -0.15) is 18.4 Å². The molecular formula is C32H32F3N3. The van der Waals surface area contributed by atoms with Crippen LogP contribution in [0.1, 0.15) is 49.8 Å². The summed E-state index contributed by atoms with van der Waals surface area (Å²) in [6, 6.07) is 26.7. The number of anilines is 2. The molecule has 3 nitrogen and oxygen atoms in total. The summed E-state index contributed by atoms with van der Waals surface area (Å²) in [7, 11) is 0. The molecule has 0 bridgehead atoms. The maximum Gasteiger partial charge on any atom is 0.415 e. The highest BCUT2D eigenvalue weighted by molar-refractivity contribution is 5.64. The van der Waals surface area contributed by atoms with Crippen LogP contribution in [0.4, 0.5) is 24.5 Å². The maximum absolute atomic E-state index is 13.5. The lowest BCUT2D eigenvalue weighted by Crippen LogP contribution is -2.18. The number of alkyl halides is 3. The summed E-state index contributed by atoms with van der Waals surface area (Å²) in [5, 5.41) is 15.7. The highest BCUT2D eigenvalue weighted by atomic mass is 19.4. The number of benzene rings is 3. The maximum atomic E-state index is 13.5. The van der Waals surface area contributed by atoms with E-state index in [0.717, 1.165) is 48.6 Å². The molecular weight excluding hydrogens is 483 g/mol. The van der Waals surface area contributed by atoms with Crippen LogP contribution in [0.5, 0.6) is 0 Å². The average Bonchev–Trinajstić information content (AvgIpc) is 2.88. The van der Waals surface area contributed by atoms with Gasteiger partial charge in [-0.25, -0.2) is 0 Å². The Morgan fingerprint density at radius 2 is 1.53 bits per heavy atom. The van der Waals surface area contributed by atoms with Gasteiger partial charge in [0.2, 0.25) is 0 Å². The molecule has 1 aliphatic carbocycles. The van der Waals surface area contributed by atoms with Gasteiger partial charge in [0.05, 0.1) is 28.6 Å². The normalized spacial score (nSPS) is 12.8. The zero-order valence-corrected chi connectivity index (χ0v) is 21.7. The van der Waals surface area contributed by atoms with E-state index in [9.17, 15) is 18.4 Å². The molecule has 0 spiro atoms. The molecule has 196 valence electrons. The summed E-state index contributed by atoms with van der Waals surface area (Å²) >= 11 is 0. The van der Waals surface area contributed by atoms with Gasteiger partial charge in [0.25, 0.3) is 0 Å². The van der Waals surface area contributed by atoms with E-state index >= 15 is 0 Å². The highest BCUT2D eigenvalue weighted by Gasteiger charge is 2.31. The van der Waals surface area contributed by atoms with Gasteiger partial charge in [0.15, 0.2) is 0 Å². The first-order valence-electron chi connectivity index (χ1n) is 12.7. The molecule has 1 saturated carbocycles. The van der Waals surface area contributed by atoms with Gasteiger partial charge in [0.1, 0.15) is 0 Å². The molecule has 0 aliphatic heterocycles. The molecule has 0 atom stereocenters. The molecule has 1 fully saturated rings. The van der Waals surface area contributed by atoms with Crippen LogP contribution in [0.25, 0.3) is 0 Å². The van der Waals surface area contributed by atoms with Crippen molar-refractivity contribution in [2.75, 3.05) is 10.6 Å². The Labute approximate surface area is 223 Å². The molecule has 0 saturated heterocycles. The quantitative estimate of drug-likeness (QED) is 0.294. The van der Waals surface area contributed by atoms with E-state index in [0.29, 0.717) is 16.9 Å². The smallest absolute Gasteiger partial charge is 0.354 e. The third-order valence-corrected chi connectivity index (χ3v) is 5.98. The van der Waals surface area contributed by atoms with Gasteiger partial charge in [-0.1, -0.05) is 69.0 Å². The summed E-state index contributed by atoms with van der Waals surface area (Å²) in [6.45, 7) is 7.25. The van der Waals surface area contributed by atoms with Crippen molar-refractivity contribution in [1.82, 2.24) is 0 Å². The summed E-state index contributed by atoms with van der Waals surface area (Å²) in [4.78, 5) is 0. The number of rotatable bonds is 8. The predicted molar refractivity (Wildman–Crippen MR) is 150 cm³/mol. The van der Waals surface area contributed by atoms with Crippen LogP contribution in [-0.2, 0) is 6.42 Å². The molecule has 3 aromatic rings. The van der Waals surface area contributed by atoms with Gasteiger partial charge in [0, 0.05) is 11.4 Å². The van der Waals surface area contributed by atoms with Crippen molar-refractivity contribution < 1.29 is 13.2 Å². The first-order valence-corrected chi connectivity index (χ1v) is 12.7. The second kappa shape index (κ2) is 13.3. The minimum atomic E-state index is -4.56. The Balaban J connectivity index is 0.00000195. The number of allylic oxidation sites excluding steroid dienone is 3. The Morgan fingerprint density at radius 1 is 0.895 bits per heavy atom. The van der Waals surface area contributed by atoms with Crippen molar-refractivity contribution in [2.24, 2.45) is 0 Å². The molecule has 0 heterocycles. The minimum Gasteiger partial charge on any atom is -0.354 e. The van der Waals surface area contributed by atoms with E-state index in [4.69, 9.17) is 0 Å². The van der Waals surface area contributed by atoms with Gasteiger partial charge in [-0.05, 0) is 78.8 Å². The molecule has 4 rings (SSSR count). The monoisotopic (exact) mass is 515 g/mol. The molecule has 38 heavy (non-hydrogen) atoms. The molecule has 6 heteroatoms. The fraction of sp³-hybridized carbons (Fsp3) is 0.219. The van der Waals surface area contributed by atoms with Crippen LogP contribution in [0.2, 0.25) is 0 Å². The topological polar surface area (TPSA) is 47.9 Å². The van der Waals surface area contributed by atoms with E-state index < -0.39 is 11.7 Å². The average molecular weight is 516 g/mol. The second-order valence-electron chi connectivity index (χ2n) is 8.72. The first kappa shape index (κ1) is 28.3. The predicted octanol–water partition coefficient (Wildman–Crippen LogP) is 9.14. The van der Waals surface area contributed by atoms with Gasteiger partial charge >= 0.3 is 6.18 Å². The molecule has 2 N–H and O–H groups in total. The van der Waals surface area contributed by atoms with Crippen LogP contribution in [0.15, 0.2) is 114 Å². The molecule has 3 aromatic carbocycles. The van der Waals surface area contributed by atoms with Gasteiger partial charge in [-0.3, -0.25) is 0 Å². The zero-order chi connectivity index (χ0) is 27.5. The van der Waals surface area contributed by atoms with Crippen molar-refractivity contribution in [3.63, 3.8) is 0 Å². The third-order valence-electron chi connectivity index (χ3n) is 5.98. The molecule has 0 radical (unpaired) electrons. The zero-order valence-electron chi connectivity index (χ0n) is 21.7. The van der Waals surface area contributed by atoms with Crippen LogP contribution in [0.3, 0.4) is 0 Å². The van der Waals surface area contributed by atoms with Crippen LogP contribution >= 0.6 is 0 Å². The fourth-order valence-electron chi connectivity index (χ4n) is 3.93. The van der Waals surface area contributed by atoms with Crippen molar-refractivity contribution in [3.8, 4) is 6.07 Å². The fourth-order valence-corrected chi connectivity index (χ4v) is 3.93. The molecule has 0 amide bonds. The van der Waals surface area contributed by atoms with E-state index in [1.807, 2.05) is 56.3 Å². The molecule has 1 aliphatic rings. The van der Waals surface area contributed by atoms with Gasteiger partial charge in [-0.15, -0.1) is 0 Å². The number of nitrogens with one attached hydrogen (secondary N) is 2. The Morgan fingerprint density at radius 3 is 2.13 bits per heavy atom. The summed E-state index contributed by atoms with van der Waals surface area (Å²) in [5.74, 6) is 0. The van der Waals surface area contributed by atoms with Crippen molar-refractivity contribution in [2.45, 2.75) is 45.7 Å². The second-order valence-corrected chi connectivity index (χ2v) is 8.72. The number of nitriles is 1. The number of hydrogen-bond acceptors (Lipinski definition) is 3. The number of hydrogen-bond donors (Lipinski definition) is 2. The summed E-state index contributed by atoms with van der Waals surface area (Å²) in [5.41, 5.74) is 4.92. The van der Waals surface area contributed by atoms with Crippen LogP contribution in [0, 0.1) is 11.3 Å². The van der Waals surface area contributed by atoms with Gasteiger partial charge < -0.3 is 10.6 Å². The van der Waals surface area contributed by atoms with Crippen molar-refractivity contribution in [3.05, 3.63) is 131 Å². The van der Waals surface area contributed by atoms with Crippen LogP contribution < -0.4 is 10.6 Å². The first-order chi connectivity index (χ1) is 18.3. The highest BCUT2D eigenvalue weighted by Crippen LogP contribution is 2.35. The Bertz CT molecular complexity index is 1340. The lowest BCUT2D eigenvalue weighted by molar-refractivity contribution is -0.0878. The van der Waals surface area contributed by atoms with E-state index in [1.165, 1.54) is 5.56 Å². The Kier molecular flexibility index (Phi) is 9.95. The molecule has 0 aromatic heterocycles. The van der Waals surface area contributed by atoms with Crippen molar-refractivity contribution in [1.29, 1.82) is 5.26 Å².